The first-order valence-corrected chi connectivity index (χ1v) is 12.3. The fourth-order valence-corrected chi connectivity index (χ4v) is 4.76. The number of halogens is 3. The minimum Gasteiger partial charge on any atom is -0.493 e. The second kappa shape index (κ2) is 10.4. The first-order chi connectivity index (χ1) is 18.2. The number of aromatic nitrogens is 5. The van der Waals surface area contributed by atoms with Gasteiger partial charge in [-0.1, -0.05) is 5.16 Å². The van der Waals surface area contributed by atoms with E-state index in [9.17, 15) is 18.4 Å². The van der Waals surface area contributed by atoms with Crippen LogP contribution in [0.25, 0.3) is 22.3 Å². The van der Waals surface area contributed by atoms with Crippen LogP contribution < -0.4 is 4.74 Å². The van der Waals surface area contributed by atoms with E-state index in [4.69, 9.17) is 9.26 Å². The predicted octanol–water partition coefficient (Wildman–Crippen LogP) is 4.90. The Bertz CT molecular complexity index is 1480. The molecule has 0 spiro atoms. The third-order valence-corrected chi connectivity index (χ3v) is 6.82. The maximum Gasteiger partial charge on any atom is 0.419 e. The first-order valence-electron chi connectivity index (χ1n) is 12.3. The highest BCUT2D eigenvalue weighted by molar-refractivity contribution is 5.84. The molecule has 0 unspecified atom stereocenters. The molecule has 12 heteroatoms. The Morgan fingerprint density at radius 1 is 1.18 bits per heavy atom. The number of nitriles is 1. The highest BCUT2D eigenvalue weighted by atomic mass is 19.4. The lowest BCUT2D eigenvalue weighted by molar-refractivity contribution is -0.138. The molecular formula is C26H26F3N7O2. The standard InChI is InChI=1S/C26H26F3N7O2/c1-16-32-24(34-38-16)14-36-8-5-17(6-9-36)7-10-37-23-4-3-18(11-19(23)26(27,28)29)20-12-22-25(21(13-30)33-20)31-15-35(22)2/h3-4,11-12,15,17H,5-10,14H2,1-2H3. The summed E-state index contributed by atoms with van der Waals surface area (Å²) in [6.07, 6.45) is -0.561. The number of rotatable bonds is 7. The molecule has 0 N–H and O–H groups in total. The number of alkyl halides is 3. The van der Waals surface area contributed by atoms with Crippen LogP contribution in [-0.2, 0) is 19.8 Å². The Balaban J connectivity index is 1.25. The van der Waals surface area contributed by atoms with Gasteiger partial charge in [-0.15, -0.1) is 0 Å². The van der Waals surface area contributed by atoms with Gasteiger partial charge in [0.2, 0.25) is 5.89 Å². The lowest BCUT2D eigenvalue weighted by Gasteiger charge is -2.31. The van der Waals surface area contributed by atoms with Crippen LogP contribution in [0.15, 0.2) is 35.1 Å². The van der Waals surface area contributed by atoms with Gasteiger partial charge in [0, 0.05) is 19.5 Å². The molecule has 3 aromatic heterocycles. The van der Waals surface area contributed by atoms with E-state index in [0.717, 1.165) is 32.0 Å². The predicted molar refractivity (Wildman–Crippen MR) is 131 cm³/mol. The number of imidazole rings is 1. The summed E-state index contributed by atoms with van der Waals surface area (Å²) in [6.45, 7) is 4.29. The second-order valence-electron chi connectivity index (χ2n) is 9.49. The molecule has 38 heavy (non-hydrogen) atoms. The maximum absolute atomic E-state index is 14.0. The molecule has 0 atom stereocenters. The van der Waals surface area contributed by atoms with Crippen molar-refractivity contribution in [1.29, 1.82) is 5.26 Å². The first kappa shape index (κ1) is 25.7. The SMILES string of the molecule is Cc1nc(CN2CCC(CCOc3ccc(-c4cc5c(ncn5C)c(C#N)n4)cc3C(F)(F)F)CC2)no1. The molecule has 9 nitrogen and oxygen atoms in total. The van der Waals surface area contributed by atoms with E-state index < -0.39 is 11.7 Å². The number of piperidine rings is 1. The molecule has 0 radical (unpaired) electrons. The monoisotopic (exact) mass is 525 g/mol. The van der Waals surface area contributed by atoms with E-state index in [1.54, 1.807) is 24.6 Å². The zero-order valence-corrected chi connectivity index (χ0v) is 21.0. The van der Waals surface area contributed by atoms with E-state index in [1.165, 1.54) is 18.5 Å². The Kier molecular flexibility index (Phi) is 7.03. The van der Waals surface area contributed by atoms with Crippen molar-refractivity contribution in [3.63, 3.8) is 0 Å². The molecule has 5 rings (SSSR count). The van der Waals surface area contributed by atoms with E-state index in [2.05, 4.69) is 25.0 Å². The molecule has 4 aromatic rings. The Labute approximate surface area is 216 Å². The summed E-state index contributed by atoms with van der Waals surface area (Å²) < 4.78 is 54.3. The molecule has 1 fully saturated rings. The minimum atomic E-state index is -4.61. The topological polar surface area (TPSA) is 106 Å². The Hall–Kier alpha value is -3.98. The number of hydrogen-bond donors (Lipinski definition) is 0. The summed E-state index contributed by atoms with van der Waals surface area (Å²) >= 11 is 0. The van der Waals surface area contributed by atoms with Crippen LogP contribution in [0, 0.1) is 24.2 Å². The second-order valence-corrected chi connectivity index (χ2v) is 9.49. The van der Waals surface area contributed by atoms with Gasteiger partial charge in [-0.05, 0) is 62.5 Å². The average Bonchev–Trinajstić information content (AvgIpc) is 3.48. The summed E-state index contributed by atoms with van der Waals surface area (Å²) in [5, 5.41) is 13.4. The van der Waals surface area contributed by atoms with Gasteiger partial charge in [-0.2, -0.15) is 23.4 Å². The van der Waals surface area contributed by atoms with Crippen LogP contribution in [-0.4, -0.2) is 49.3 Å². The molecule has 1 aliphatic rings. The highest BCUT2D eigenvalue weighted by Crippen LogP contribution is 2.39. The molecule has 1 saturated heterocycles. The number of hydrogen-bond acceptors (Lipinski definition) is 8. The number of aryl methyl sites for hydroxylation is 2. The van der Waals surface area contributed by atoms with Crippen molar-refractivity contribution < 1.29 is 22.4 Å². The van der Waals surface area contributed by atoms with Gasteiger partial charge in [-0.25, -0.2) is 9.97 Å². The Morgan fingerprint density at radius 3 is 2.66 bits per heavy atom. The fourth-order valence-electron chi connectivity index (χ4n) is 4.76. The number of likely N-dealkylation sites (tertiary alicyclic amines) is 1. The van der Waals surface area contributed by atoms with Crippen molar-refractivity contribution in [2.24, 2.45) is 13.0 Å². The summed E-state index contributed by atoms with van der Waals surface area (Å²) in [4.78, 5) is 14.9. The van der Waals surface area contributed by atoms with E-state index >= 15 is 0 Å². The molecular weight excluding hydrogens is 499 g/mol. The number of fused-ring (bicyclic) bond motifs is 1. The van der Waals surface area contributed by atoms with Crippen molar-refractivity contribution in [2.45, 2.75) is 38.9 Å². The van der Waals surface area contributed by atoms with Gasteiger partial charge < -0.3 is 13.8 Å². The normalized spacial score (nSPS) is 15.2. The van der Waals surface area contributed by atoms with Gasteiger partial charge in [-0.3, -0.25) is 4.90 Å². The zero-order valence-electron chi connectivity index (χ0n) is 21.0. The van der Waals surface area contributed by atoms with Crippen molar-refractivity contribution in [2.75, 3.05) is 19.7 Å². The quantitative estimate of drug-likeness (QED) is 0.336. The third-order valence-electron chi connectivity index (χ3n) is 6.82. The molecule has 0 bridgehead atoms. The number of benzene rings is 1. The third kappa shape index (κ3) is 5.47. The summed E-state index contributed by atoms with van der Waals surface area (Å²) in [5.74, 6) is 1.35. The van der Waals surface area contributed by atoms with Crippen LogP contribution in [0.3, 0.4) is 0 Å². The van der Waals surface area contributed by atoms with E-state index in [-0.39, 0.29) is 29.3 Å². The van der Waals surface area contributed by atoms with Gasteiger partial charge >= 0.3 is 6.18 Å². The summed E-state index contributed by atoms with van der Waals surface area (Å²) in [6, 6.07) is 7.50. The minimum absolute atomic E-state index is 0.0606. The number of pyridine rings is 1. The van der Waals surface area contributed by atoms with E-state index in [1.807, 2.05) is 6.07 Å². The highest BCUT2D eigenvalue weighted by Gasteiger charge is 2.35. The summed E-state index contributed by atoms with van der Waals surface area (Å²) in [7, 11) is 1.75. The van der Waals surface area contributed by atoms with Crippen LogP contribution in [0.2, 0.25) is 0 Å². The number of ether oxygens (including phenoxy) is 1. The van der Waals surface area contributed by atoms with Crippen LogP contribution in [0.5, 0.6) is 5.75 Å². The molecule has 0 saturated carbocycles. The van der Waals surface area contributed by atoms with Crippen molar-refractivity contribution in [1.82, 2.24) is 29.6 Å². The lowest BCUT2D eigenvalue weighted by Crippen LogP contribution is -2.34. The van der Waals surface area contributed by atoms with Gasteiger partial charge in [0.1, 0.15) is 17.3 Å². The molecule has 4 heterocycles. The molecule has 198 valence electrons. The average molecular weight is 526 g/mol. The summed E-state index contributed by atoms with van der Waals surface area (Å²) in [5.41, 5.74) is 0.714. The van der Waals surface area contributed by atoms with E-state index in [0.29, 0.717) is 41.6 Å². The largest absolute Gasteiger partial charge is 0.493 e. The van der Waals surface area contributed by atoms with Crippen molar-refractivity contribution >= 4 is 11.0 Å². The van der Waals surface area contributed by atoms with Gasteiger partial charge in [0.25, 0.3) is 0 Å². The number of nitrogens with zero attached hydrogens (tertiary/aromatic N) is 7. The molecule has 1 aliphatic heterocycles. The zero-order chi connectivity index (χ0) is 26.9. The van der Waals surface area contributed by atoms with Crippen molar-refractivity contribution in [3.8, 4) is 23.1 Å². The smallest absolute Gasteiger partial charge is 0.419 e. The Morgan fingerprint density at radius 2 is 1.97 bits per heavy atom. The van der Waals surface area contributed by atoms with Gasteiger partial charge in [0.05, 0.1) is 36.3 Å². The fraction of sp³-hybridized carbons (Fsp3) is 0.423. The molecule has 0 amide bonds. The molecule has 1 aromatic carbocycles. The van der Waals surface area contributed by atoms with Crippen LogP contribution in [0.4, 0.5) is 13.2 Å². The van der Waals surface area contributed by atoms with Crippen LogP contribution >= 0.6 is 0 Å². The van der Waals surface area contributed by atoms with Crippen molar-refractivity contribution in [3.05, 3.63) is 53.6 Å². The molecule has 0 aliphatic carbocycles. The lowest BCUT2D eigenvalue weighted by atomic mass is 9.94. The van der Waals surface area contributed by atoms with Gasteiger partial charge in [0.15, 0.2) is 11.5 Å². The van der Waals surface area contributed by atoms with Crippen LogP contribution in [0.1, 0.15) is 42.2 Å². The maximum atomic E-state index is 14.0.